The second-order valence-electron chi connectivity index (χ2n) is 7.93. The summed E-state index contributed by atoms with van der Waals surface area (Å²) in [5.74, 6) is 1.30. The number of carbonyl (C=O) groups excluding carboxylic acids is 1. The molecular weight excluding hydrogens is 440 g/mol. The molecule has 8 nitrogen and oxygen atoms in total. The van der Waals surface area contributed by atoms with E-state index in [4.69, 9.17) is 9.47 Å². The van der Waals surface area contributed by atoms with Gasteiger partial charge in [0.1, 0.15) is 18.2 Å². The zero-order valence-electron chi connectivity index (χ0n) is 18.1. The van der Waals surface area contributed by atoms with Crippen molar-refractivity contribution in [1.29, 1.82) is 0 Å². The van der Waals surface area contributed by atoms with E-state index in [1.165, 1.54) is 11.8 Å². The summed E-state index contributed by atoms with van der Waals surface area (Å²) in [4.78, 5) is 34.2. The molecule has 0 atom stereocenters. The Bertz CT molecular complexity index is 1230. The summed E-state index contributed by atoms with van der Waals surface area (Å²) in [6.07, 6.45) is 5.50. The molecule has 33 heavy (non-hydrogen) atoms. The lowest BCUT2D eigenvalue weighted by Gasteiger charge is -2.22. The largest absolute Gasteiger partial charge is 0.486 e. The molecule has 3 heterocycles. The number of rotatable bonds is 6. The molecular formula is C24H24N4O4S. The number of carbonyl (C=O) groups is 1. The van der Waals surface area contributed by atoms with Crippen molar-refractivity contribution >= 4 is 23.4 Å². The molecule has 2 aliphatic rings. The Balaban J connectivity index is 1.31. The Morgan fingerprint density at radius 2 is 1.94 bits per heavy atom. The molecule has 1 amide bonds. The molecule has 1 aromatic carbocycles. The van der Waals surface area contributed by atoms with Gasteiger partial charge >= 0.3 is 5.69 Å². The van der Waals surface area contributed by atoms with E-state index in [0.717, 1.165) is 42.6 Å². The van der Waals surface area contributed by atoms with Crippen LogP contribution < -0.4 is 20.5 Å². The van der Waals surface area contributed by atoms with Gasteiger partial charge in [-0.3, -0.25) is 14.3 Å². The normalized spacial score (nSPS) is 14.4. The lowest BCUT2D eigenvalue weighted by molar-refractivity contribution is -0.113. The van der Waals surface area contributed by atoms with Crippen molar-refractivity contribution < 1.29 is 14.3 Å². The maximum Gasteiger partial charge on any atom is 0.349 e. The number of hydrogen-bond donors (Lipinski definition) is 1. The van der Waals surface area contributed by atoms with Crippen LogP contribution in [-0.2, 0) is 24.2 Å². The first-order valence-electron chi connectivity index (χ1n) is 11.0. The fourth-order valence-corrected chi connectivity index (χ4v) is 5.01. The molecule has 0 saturated carbocycles. The number of pyridine rings is 1. The van der Waals surface area contributed by atoms with E-state index >= 15 is 0 Å². The first-order valence-corrected chi connectivity index (χ1v) is 12.0. The first-order chi connectivity index (χ1) is 16.2. The molecule has 0 fully saturated rings. The third-order valence-corrected chi connectivity index (χ3v) is 6.68. The van der Waals surface area contributed by atoms with Crippen LogP contribution >= 0.6 is 11.8 Å². The predicted molar refractivity (Wildman–Crippen MR) is 125 cm³/mol. The van der Waals surface area contributed by atoms with E-state index in [1.54, 1.807) is 29.0 Å². The number of fused-ring (bicyclic) bond motifs is 2. The SMILES string of the molecule is O=C(CSc1nc(=O)n(Cc2ccccn2)c2c1CCCC2)Nc1ccc2c(c1)OCCO2. The molecule has 1 aliphatic carbocycles. The van der Waals surface area contributed by atoms with Crippen molar-refractivity contribution in [2.24, 2.45) is 0 Å². The van der Waals surface area contributed by atoms with Gasteiger partial charge in [0.05, 0.1) is 18.0 Å². The van der Waals surface area contributed by atoms with Crippen molar-refractivity contribution in [2.45, 2.75) is 37.3 Å². The smallest absolute Gasteiger partial charge is 0.349 e. The minimum Gasteiger partial charge on any atom is -0.486 e. The lowest BCUT2D eigenvalue weighted by Crippen LogP contribution is -2.31. The molecule has 0 radical (unpaired) electrons. The van der Waals surface area contributed by atoms with Crippen molar-refractivity contribution in [3.8, 4) is 11.5 Å². The number of nitrogens with one attached hydrogen (secondary N) is 1. The number of amides is 1. The van der Waals surface area contributed by atoms with Crippen LogP contribution in [-0.4, -0.2) is 39.4 Å². The highest BCUT2D eigenvalue weighted by Gasteiger charge is 2.21. The van der Waals surface area contributed by atoms with E-state index in [2.05, 4.69) is 15.3 Å². The van der Waals surface area contributed by atoms with Crippen LogP contribution in [0.2, 0.25) is 0 Å². The van der Waals surface area contributed by atoms with Gasteiger partial charge in [0, 0.05) is 29.2 Å². The van der Waals surface area contributed by atoms with Crippen molar-refractivity contribution in [2.75, 3.05) is 24.3 Å². The van der Waals surface area contributed by atoms with Gasteiger partial charge in [0.15, 0.2) is 11.5 Å². The van der Waals surface area contributed by atoms with Gasteiger partial charge in [-0.25, -0.2) is 4.79 Å². The maximum absolute atomic E-state index is 12.9. The minimum atomic E-state index is -0.295. The van der Waals surface area contributed by atoms with E-state index < -0.39 is 0 Å². The average Bonchev–Trinajstić information content (AvgIpc) is 2.85. The van der Waals surface area contributed by atoms with Gasteiger partial charge in [-0.05, 0) is 49.9 Å². The molecule has 1 aliphatic heterocycles. The molecule has 5 rings (SSSR count). The van der Waals surface area contributed by atoms with Crippen LogP contribution in [0, 0.1) is 0 Å². The van der Waals surface area contributed by atoms with Gasteiger partial charge in [-0.2, -0.15) is 4.98 Å². The third kappa shape index (κ3) is 4.88. The number of aromatic nitrogens is 3. The van der Waals surface area contributed by atoms with E-state index in [0.29, 0.717) is 42.0 Å². The highest BCUT2D eigenvalue weighted by molar-refractivity contribution is 8.00. The molecule has 0 unspecified atom stereocenters. The average molecular weight is 465 g/mol. The first kappa shape index (κ1) is 21.5. The maximum atomic E-state index is 12.9. The van der Waals surface area contributed by atoms with Crippen LogP contribution in [0.15, 0.2) is 52.4 Å². The van der Waals surface area contributed by atoms with Crippen molar-refractivity contribution in [3.63, 3.8) is 0 Å². The number of hydrogen-bond acceptors (Lipinski definition) is 7. The number of nitrogens with zero attached hydrogens (tertiary/aromatic N) is 3. The molecule has 2 aromatic heterocycles. The van der Waals surface area contributed by atoms with Gasteiger partial charge in [-0.15, -0.1) is 0 Å². The molecule has 9 heteroatoms. The molecule has 0 bridgehead atoms. The highest BCUT2D eigenvalue weighted by Crippen LogP contribution is 2.33. The topological polar surface area (TPSA) is 95.3 Å². The second-order valence-corrected chi connectivity index (χ2v) is 8.90. The summed E-state index contributed by atoms with van der Waals surface area (Å²) in [6, 6.07) is 11.0. The van der Waals surface area contributed by atoms with E-state index in [-0.39, 0.29) is 17.3 Å². The van der Waals surface area contributed by atoms with Crippen LogP contribution in [0.4, 0.5) is 5.69 Å². The summed E-state index contributed by atoms with van der Waals surface area (Å²) in [5.41, 5.74) is 3.27. The predicted octanol–water partition coefficient (Wildman–Crippen LogP) is 3.07. The molecule has 0 spiro atoms. The monoisotopic (exact) mass is 464 g/mol. The fourth-order valence-electron chi connectivity index (χ4n) is 4.14. The van der Waals surface area contributed by atoms with Crippen molar-refractivity contribution in [3.05, 3.63) is 70.0 Å². The summed E-state index contributed by atoms with van der Waals surface area (Å²) >= 11 is 1.31. The standard InChI is InChI=1S/C24H24N4O4S/c29-22(26-16-8-9-20-21(13-16)32-12-11-31-20)15-33-23-18-6-1-2-7-19(18)28(24(30)27-23)14-17-5-3-4-10-25-17/h3-5,8-10,13H,1-2,6-7,11-12,14-15H2,(H,26,29). The summed E-state index contributed by atoms with van der Waals surface area (Å²) in [5, 5.41) is 3.54. The Morgan fingerprint density at radius 1 is 1.09 bits per heavy atom. The number of benzene rings is 1. The second kappa shape index (κ2) is 9.66. The minimum absolute atomic E-state index is 0.164. The van der Waals surface area contributed by atoms with Gasteiger partial charge in [0.2, 0.25) is 5.91 Å². The van der Waals surface area contributed by atoms with E-state index in [1.807, 2.05) is 18.2 Å². The summed E-state index contributed by atoms with van der Waals surface area (Å²) in [6.45, 7) is 1.42. The molecule has 1 N–H and O–H groups in total. The number of anilines is 1. The zero-order valence-corrected chi connectivity index (χ0v) is 18.9. The van der Waals surface area contributed by atoms with Crippen LogP contribution in [0.1, 0.15) is 29.8 Å². The summed E-state index contributed by atoms with van der Waals surface area (Å²) < 4.78 is 12.8. The Labute approximate surface area is 195 Å². The lowest BCUT2D eigenvalue weighted by atomic mass is 9.97. The zero-order chi connectivity index (χ0) is 22.6. The Hall–Kier alpha value is -3.33. The summed E-state index contributed by atoms with van der Waals surface area (Å²) in [7, 11) is 0. The molecule has 170 valence electrons. The number of thioether (sulfide) groups is 1. The quantitative estimate of drug-likeness (QED) is 0.442. The Kier molecular flexibility index (Phi) is 6.30. The fraction of sp³-hybridized carbons (Fsp3) is 0.333. The Morgan fingerprint density at radius 3 is 2.79 bits per heavy atom. The molecule has 3 aromatic rings. The van der Waals surface area contributed by atoms with Gasteiger partial charge in [-0.1, -0.05) is 17.8 Å². The van der Waals surface area contributed by atoms with Gasteiger partial charge < -0.3 is 14.8 Å². The van der Waals surface area contributed by atoms with Crippen LogP contribution in [0.25, 0.3) is 0 Å². The van der Waals surface area contributed by atoms with Crippen molar-refractivity contribution in [1.82, 2.24) is 14.5 Å². The number of ether oxygens (including phenoxy) is 2. The molecule has 0 saturated heterocycles. The highest BCUT2D eigenvalue weighted by atomic mass is 32.2. The van der Waals surface area contributed by atoms with Crippen LogP contribution in [0.3, 0.4) is 0 Å². The third-order valence-electron chi connectivity index (χ3n) is 5.66. The van der Waals surface area contributed by atoms with E-state index in [9.17, 15) is 9.59 Å². The van der Waals surface area contributed by atoms with Gasteiger partial charge in [0.25, 0.3) is 0 Å². The van der Waals surface area contributed by atoms with Crippen LogP contribution in [0.5, 0.6) is 11.5 Å².